The third-order valence-corrected chi connectivity index (χ3v) is 17.1. The number of primary amides is 1. The highest BCUT2D eigenvalue weighted by atomic mass is 16.1. The molecular formula is C78H104N6O. The van der Waals surface area contributed by atoms with Crippen molar-refractivity contribution in [3.63, 3.8) is 0 Å². The molecule has 0 unspecified atom stereocenters. The van der Waals surface area contributed by atoms with Crippen molar-refractivity contribution in [2.24, 2.45) is 5.73 Å². The number of benzene rings is 6. The Kier molecular flexibility index (Phi) is 26.0. The number of amides is 1. The zero-order valence-electron chi connectivity index (χ0n) is 54.2. The lowest BCUT2D eigenvalue weighted by Crippen LogP contribution is -2.21. The fraction of sp³-hybridized carbons (Fsp3) is 0.423. The first-order chi connectivity index (χ1) is 41.2. The Hall–Kier alpha value is -6.93. The van der Waals surface area contributed by atoms with E-state index in [0.29, 0.717) is 0 Å². The monoisotopic (exact) mass is 1140 g/mol. The van der Waals surface area contributed by atoms with Gasteiger partial charge in [-0.25, -0.2) is 0 Å². The summed E-state index contributed by atoms with van der Waals surface area (Å²) in [7, 11) is 0. The third kappa shape index (κ3) is 19.0. The van der Waals surface area contributed by atoms with Gasteiger partial charge in [-0.15, -0.1) is 0 Å². The average molecular weight is 1140 g/mol. The summed E-state index contributed by atoms with van der Waals surface area (Å²) in [5, 5.41) is 3.94. The molecule has 0 atom stereocenters. The number of fused-ring (bicyclic) bond motifs is 3. The SMILES string of the molecule is CCCCCCCCn1cc(CC(N)=O)c2cc(-c3cccc(C)c3)ccc21.CCCCCCCCn1cc(CN(CC)CC)c2cc(-c3cccc(C)c3)ccc21.CCN(CC)Cc1cn(CC=C(C)C)c2ccc(-c3cccc(C)c3)cc12. The number of aryl methyl sites for hydroxylation is 5. The summed E-state index contributed by atoms with van der Waals surface area (Å²) >= 11 is 0. The minimum absolute atomic E-state index is 0.278. The summed E-state index contributed by atoms with van der Waals surface area (Å²) in [5.41, 5.74) is 26.2. The van der Waals surface area contributed by atoms with Crippen LogP contribution in [0.2, 0.25) is 0 Å². The van der Waals surface area contributed by atoms with Crippen LogP contribution in [-0.2, 0) is 43.9 Å². The number of nitrogens with two attached hydrogens (primary N) is 1. The highest BCUT2D eigenvalue weighted by Crippen LogP contribution is 2.33. The van der Waals surface area contributed by atoms with E-state index in [9.17, 15) is 4.79 Å². The van der Waals surface area contributed by atoms with Crippen molar-refractivity contribution in [3.05, 3.63) is 191 Å². The Morgan fingerprint density at radius 3 is 1.13 bits per heavy atom. The normalized spacial score (nSPS) is 11.4. The van der Waals surface area contributed by atoms with Crippen LogP contribution in [0.25, 0.3) is 66.1 Å². The molecule has 3 aromatic heterocycles. The molecule has 0 radical (unpaired) electrons. The van der Waals surface area contributed by atoms with E-state index in [4.69, 9.17) is 5.73 Å². The first-order valence-corrected chi connectivity index (χ1v) is 32.7. The lowest BCUT2D eigenvalue weighted by molar-refractivity contribution is -0.117. The Balaban J connectivity index is 0.000000183. The molecule has 0 bridgehead atoms. The quantitative estimate of drug-likeness (QED) is 0.0375. The summed E-state index contributed by atoms with van der Waals surface area (Å²) in [6.07, 6.45) is 25.2. The number of unbranched alkanes of at least 4 members (excludes halogenated alkanes) is 10. The van der Waals surface area contributed by atoms with E-state index in [1.165, 1.54) is 171 Å². The molecule has 452 valence electrons. The predicted molar refractivity (Wildman–Crippen MR) is 369 cm³/mol. The topological polar surface area (TPSA) is 64.4 Å². The van der Waals surface area contributed by atoms with E-state index >= 15 is 0 Å². The third-order valence-electron chi connectivity index (χ3n) is 17.1. The van der Waals surface area contributed by atoms with Crippen molar-refractivity contribution in [1.82, 2.24) is 23.5 Å². The molecule has 0 fully saturated rings. The van der Waals surface area contributed by atoms with Crippen LogP contribution in [-0.4, -0.2) is 55.6 Å². The van der Waals surface area contributed by atoms with E-state index in [1.54, 1.807) is 0 Å². The largest absolute Gasteiger partial charge is 0.369 e. The van der Waals surface area contributed by atoms with Gasteiger partial charge in [0.2, 0.25) is 5.91 Å². The van der Waals surface area contributed by atoms with Gasteiger partial charge in [0.1, 0.15) is 0 Å². The van der Waals surface area contributed by atoms with Gasteiger partial charge in [-0.3, -0.25) is 14.6 Å². The number of aromatic nitrogens is 3. The summed E-state index contributed by atoms with van der Waals surface area (Å²) < 4.78 is 7.20. The van der Waals surface area contributed by atoms with Crippen molar-refractivity contribution >= 4 is 38.6 Å². The average Bonchev–Trinajstić information content (AvgIpc) is 2.42. The molecular weight excluding hydrogens is 1040 g/mol. The zero-order chi connectivity index (χ0) is 60.7. The molecule has 85 heavy (non-hydrogen) atoms. The molecule has 7 nitrogen and oxygen atoms in total. The smallest absolute Gasteiger partial charge is 0.221 e. The predicted octanol–water partition coefficient (Wildman–Crippen LogP) is 20.2. The summed E-state index contributed by atoms with van der Waals surface area (Å²) in [6, 6.07) is 46.7. The number of hydrogen-bond acceptors (Lipinski definition) is 3. The lowest BCUT2D eigenvalue weighted by Gasteiger charge is -2.17. The first-order valence-electron chi connectivity index (χ1n) is 32.7. The Bertz CT molecular complexity index is 3540. The highest BCUT2D eigenvalue weighted by Gasteiger charge is 2.16. The van der Waals surface area contributed by atoms with Crippen LogP contribution in [0.15, 0.2) is 158 Å². The number of rotatable bonds is 29. The van der Waals surface area contributed by atoms with Crippen molar-refractivity contribution < 1.29 is 4.79 Å². The molecule has 2 N–H and O–H groups in total. The fourth-order valence-electron chi connectivity index (χ4n) is 12.0. The van der Waals surface area contributed by atoms with Crippen molar-refractivity contribution in [3.8, 4) is 33.4 Å². The van der Waals surface area contributed by atoms with Gasteiger partial charge >= 0.3 is 0 Å². The van der Waals surface area contributed by atoms with Gasteiger partial charge in [-0.1, -0.05) is 225 Å². The van der Waals surface area contributed by atoms with Crippen LogP contribution >= 0.6 is 0 Å². The molecule has 0 aliphatic carbocycles. The lowest BCUT2D eigenvalue weighted by atomic mass is 10.0. The van der Waals surface area contributed by atoms with Crippen LogP contribution in [0.4, 0.5) is 0 Å². The molecule has 0 saturated heterocycles. The standard InChI is InChI=1S/C28H40N2.C25H32N2O.C25H32N2/c1-5-8-9-10-11-12-18-30-22-26(21-29(6-2)7-3)27-20-25(16-17-28(27)30)24-15-13-14-23(4)19-24;1-3-4-5-6-7-8-14-27-18-22(17-25(26)28)23-16-21(12-13-24(23)27)20-11-9-10-19(2)15-20;1-6-26(7-2)17-23-18-27(14-13-19(3)4)25-12-11-22(16-24(23)25)21-10-8-9-20(5)15-21/h13-17,19-20,22H,5-12,18,21H2,1-4H3;9-13,15-16,18H,3-8,14,17H2,1-2H3,(H2,26,28);8-13,15-16,18H,6-7,14,17H2,1-5H3. The zero-order valence-corrected chi connectivity index (χ0v) is 54.2. The number of hydrogen-bond donors (Lipinski definition) is 1. The van der Waals surface area contributed by atoms with Crippen LogP contribution in [0, 0.1) is 20.8 Å². The molecule has 0 aliphatic heterocycles. The molecule has 9 aromatic rings. The number of carbonyl (C=O) groups is 1. The number of carbonyl (C=O) groups excluding carboxylic acids is 1. The second-order valence-electron chi connectivity index (χ2n) is 24.2. The minimum atomic E-state index is -0.278. The Morgan fingerprint density at radius 2 is 0.765 bits per heavy atom. The Morgan fingerprint density at radius 1 is 0.424 bits per heavy atom. The summed E-state index contributed by atoms with van der Waals surface area (Å²) in [6.45, 7) is 33.7. The number of nitrogens with zero attached hydrogens (tertiary/aromatic N) is 5. The number of allylic oxidation sites excluding steroid dienone is 2. The first kappa shape index (κ1) is 65.6. The van der Waals surface area contributed by atoms with E-state index in [2.05, 4.69) is 252 Å². The molecule has 3 heterocycles. The Labute approximate surface area is 513 Å². The van der Waals surface area contributed by atoms with Gasteiger partial charge in [0.05, 0.1) is 6.42 Å². The molecule has 7 heteroatoms. The van der Waals surface area contributed by atoms with Gasteiger partial charge in [0.15, 0.2) is 0 Å². The fourth-order valence-corrected chi connectivity index (χ4v) is 12.0. The second-order valence-corrected chi connectivity index (χ2v) is 24.2. The van der Waals surface area contributed by atoms with E-state index in [1.807, 2.05) is 0 Å². The van der Waals surface area contributed by atoms with Crippen LogP contribution in [0.3, 0.4) is 0 Å². The summed E-state index contributed by atoms with van der Waals surface area (Å²) in [4.78, 5) is 16.6. The highest BCUT2D eigenvalue weighted by molar-refractivity contribution is 5.93. The van der Waals surface area contributed by atoms with E-state index in [-0.39, 0.29) is 12.3 Å². The second kappa shape index (κ2) is 33.7. The van der Waals surface area contributed by atoms with Crippen molar-refractivity contribution in [2.75, 3.05) is 26.2 Å². The molecule has 0 saturated carbocycles. The van der Waals surface area contributed by atoms with Gasteiger partial charge < -0.3 is 19.4 Å². The van der Waals surface area contributed by atoms with Crippen LogP contribution < -0.4 is 5.73 Å². The van der Waals surface area contributed by atoms with Crippen molar-refractivity contribution in [1.29, 1.82) is 0 Å². The molecule has 9 rings (SSSR count). The molecule has 6 aromatic carbocycles. The maximum atomic E-state index is 11.6. The molecule has 0 spiro atoms. The van der Waals surface area contributed by atoms with Gasteiger partial charge in [-0.05, 0) is 160 Å². The van der Waals surface area contributed by atoms with Gasteiger partial charge in [0.25, 0.3) is 0 Å². The summed E-state index contributed by atoms with van der Waals surface area (Å²) in [5.74, 6) is -0.278. The molecule has 1 amide bonds. The van der Waals surface area contributed by atoms with E-state index in [0.717, 1.165) is 69.9 Å². The molecule has 0 aliphatic rings. The van der Waals surface area contributed by atoms with Gasteiger partial charge in [-0.2, -0.15) is 0 Å². The van der Waals surface area contributed by atoms with Crippen LogP contribution in [0.5, 0.6) is 0 Å². The maximum absolute atomic E-state index is 11.6. The van der Waals surface area contributed by atoms with E-state index < -0.39 is 0 Å². The van der Waals surface area contributed by atoms with Gasteiger partial charge in [0, 0.05) is 84.0 Å². The maximum Gasteiger partial charge on any atom is 0.221 e. The van der Waals surface area contributed by atoms with Crippen molar-refractivity contribution in [2.45, 2.75) is 192 Å². The van der Waals surface area contributed by atoms with Crippen LogP contribution in [0.1, 0.15) is 166 Å². The minimum Gasteiger partial charge on any atom is -0.369 e.